The van der Waals surface area contributed by atoms with E-state index in [1.54, 1.807) is 12.4 Å². The van der Waals surface area contributed by atoms with Gasteiger partial charge >= 0.3 is 0 Å². The number of fused-ring (bicyclic) bond motifs is 1. The second-order valence-electron chi connectivity index (χ2n) is 6.48. The van der Waals surface area contributed by atoms with E-state index in [-0.39, 0.29) is 0 Å². The van der Waals surface area contributed by atoms with Crippen molar-refractivity contribution in [2.45, 2.75) is 31.7 Å². The molecule has 0 saturated heterocycles. The quantitative estimate of drug-likeness (QED) is 0.690. The highest BCUT2D eigenvalue weighted by molar-refractivity contribution is 5.76. The van der Waals surface area contributed by atoms with Crippen molar-refractivity contribution in [3.8, 4) is 0 Å². The molecule has 114 valence electrons. The van der Waals surface area contributed by atoms with E-state index in [1.165, 1.54) is 29.7 Å². The van der Waals surface area contributed by atoms with Crippen molar-refractivity contribution in [2.24, 2.45) is 0 Å². The summed E-state index contributed by atoms with van der Waals surface area (Å²) in [4.78, 5) is 7.46. The van der Waals surface area contributed by atoms with Gasteiger partial charge in [-0.2, -0.15) is 10.2 Å². The molecular weight excluding hydrogens is 284 g/mol. The number of hydrogen-bond donors (Lipinski definition) is 0. The number of pyridine rings is 1. The minimum Gasteiger partial charge on any atom is -0.362 e. The molecule has 1 atom stereocenters. The highest BCUT2D eigenvalue weighted by atomic mass is 15.2. The molecule has 5 rings (SSSR count). The lowest BCUT2D eigenvalue weighted by atomic mass is 9.87. The lowest BCUT2D eigenvalue weighted by Crippen LogP contribution is -2.37. The van der Waals surface area contributed by atoms with Gasteiger partial charge in [-0.25, -0.2) is 4.98 Å². The number of para-hydroxylation sites is 1. The third-order valence-corrected chi connectivity index (χ3v) is 5.16. The summed E-state index contributed by atoms with van der Waals surface area (Å²) in [6.07, 6.45) is 8.24. The molecule has 0 radical (unpaired) electrons. The highest BCUT2D eigenvalue weighted by Gasteiger charge is 2.31. The summed E-state index contributed by atoms with van der Waals surface area (Å²) in [5, 5.41) is 8.96. The molecule has 0 aliphatic carbocycles. The molecule has 0 fully saturated rings. The summed E-state index contributed by atoms with van der Waals surface area (Å²) in [6.45, 7) is 1.13. The van der Waals surface area contributed by atoms with Gasteiger partial charge in [0.25, 0.3) is 0 Å². The lowest BCUT2D eigenvalue weighted by Gasteiger charge is -2.42. The van der Waals surface area contributed by atoms with Gasteiger partial charge in [-0.05, 0) is 48.9 Å². The maximum Gasteiger partial charge on any atom is 0.0923 e. The zero-order valence-electron chi connectivity index (χ0n) is 12.9. The molecule has 4 heterocycles. The average Bonchev–Trinajstić information content (AvgIpc) is 2.62. The molecule has 3 aromatic rings. The van der Waals surface area contributed by atoms with E-state index < -0.39 is 0 Å². The van der Waals surface area contributed by atoms with Gasteiger partial charge in [0.2, 0.25) is 0 Å². The molecule has 4 heteroatoms. The van der Waals surface area contributed by atoms with Gasteiger partial charge in [0.15, 0.2) is 0 Å². The predicted molar refractivity (Wildman–Crippen MR) is 90.5 cm³/mol. The number of rotatable bonds is 1. The van der Waals surface area contributed by atoms with Crippen LogP contribution >= 0.6 is 0 Å². The largest absolute Gasteiger partial charge is 0.362 e. The summed E-state index contributed by atoms with van der Waals surface area (Å²) in [5.41, 5.74) is 6.58. The second-order valence-corrected chi connectivity index (χ2v) is 6.48. The van der Waals surface area contributed by atoms with Crippen molar-refractivity contribution in [1.82, 2.24) is 15.2 Å². The Labute approximate surface area is 135 Å². The average molecular weight is 302 g/mol. The molecule has 4 nitrogen and oxygen atoms in total. The van der Waals surface area contributed by atoms with Crippen molar-refractivity contribution in [2.75, 3.05) is 11.4 Å². The predicted octanol–water partition coefficient (Wildman–Crippen LogP) is 3.46. The van der Waals surface area contributed by atoms with Crippen LogP contribution in [-0.4, -0.2) is 21.7 Å². The number of aromatic nitrogens is 3. The minimum absolute atomic E-state index is 0.376. The van der Waals surface area contributed by atoms with E-state index in [1.807, 2.05) is 0 Å². The molecule has 0 amide bonds. The van der Waals surface area contributed by atoms with E-state index in [9.17, 15) is 0 Å². The molecule has 0 spiro atoms. The molecule has 0 N–H and O–H groups in total. The maximum atomic E-state index is 4.88. The van der Waals surface area contributed by atoms with Gasteiger partial charge < -0.3 is 4.90 Å². The Balaban J connectivity index is 1.62. The summed E-state index contributed by atoms with van der Waals surface area (Å²) in [5.74, 6) is 0. The number of nitrogens with zero attached hydrogens (tertiary/aromatic N) is 4. The van der Waals surface area contributed by atoms with Crippen LogP contribution in [0.25, 0.3) is 10.9 Å². The molecular formula is C19H18N4. The van der Waals surface area contributed by atoms with E-state index in [4.69, 9.17) is 4.98 Å². The number of anilines is 1. The van der Waals surface area contributed by atoms with Gasteiger partial charge in [0, 0.05) is 17.6 Å². The van der Waals surface area contributed by atoms with Gasteiger partial charge in [-0.3, -0.25) is 0 Å². The molecule has 1 unspecified atom stereocenters. The van der Waals surface area contributed by atoms with Crippen LogP contribution in [0.2, 0.25) is 0 Å². The zero-order chi connectivity index (χ0) is 15.2. The van der Waals surface area contributed by atoms with Crippen LogP contribution in [0.4, 0.5) is 5.69 Å². The van der Waals surface area contributed by atoms with Crippen molar-refractivity contribution in [1.29, 1.82) is 0 Å². The molecule has 0 saturated carbocycles. The standard InChI is InChI=1S/C19H18N4/c1-3-13-5-2-10-23-18(9-7-14(4-1)19(13)23)16-8-6-15-11-20-21-12-17(15)22-16/h1,3-4,6,8,11-12,18H,2,5,7,9-10H2. The van der Waals surface area contributed by atoms with E-state index >= 15 is 0 Å². The number of benzene rings is 1. The fourth-order valence-corrected chi connectivity index (χ4v) is 4.12. The fourth-order valence-electron chi connectivity index (χ4n) is 4.12. The molecule has 2 aliphatic heterocycles. The Bertz CT molecular complexity index is 875. The first-order valence-electron chi connectivity index (χ1n) is 8.35. The van der Waals surface area contributed by atoms with Gasteiger partial charge in [-0.1, -0.05) is 18.2 Å². The highest BCUT2D eigenvalue weighted by Crippen LogP contribution is 2.42. The summed E-state index contributed by atoms with van der Waals surface area (Å²) >= 11 is 0. The normalized spacial score (nSPS) is 19.7. The first-order valence-corrected chi connectivity index (χ1v) is 8.35. The Morgan fingerprint density at radius 1 is 0.957 bits per heavy atom. The molecule has 2 aromatic heterocycles. The zero-order valence-corrected chi connectivity index (χ0v) is 12.9. The third kappa shape index (κ3) is 2.01. The van der Waals surface area contributed by atoms with Crippen LogP contribution in [0.15, 0.2) is 42.7 Å². The molecule has 2 aliphatic rings. The smallest absolute Gasteiger partial charge is 0.0923 e. The lowest BCUT2D eigenvalue weighted by molar-refractivity contribution is 0.513. The number of aryl methyl sites for hydroxylation is 2. The van der Waals surface area contributed by atoms with Gasteiger partial charge in [-0.15, -0.1) is 0 Å². The molecule has 23 heavy (non-hydrogen) atoms. The van der Waals surface area contributed by atoms with E-state index in [0.29, 0.717) is 6.04 Å². The van der Waals surface area contributed by atoms with Crippen LogP contribution in [0.1, 0.15) is 35.7 Å². The van der Waals surface area contributed by atoms with Crippen LogP contribution < -0.4 is 4.90 Å². The van der Waals surface area contributed by atoms with Crippen LogP contribution in [0.5, 0.6) is 0 Å². The topological polar surface area (TPSA) is 41.9 Å². The van der Waals surface area contributed by atoms with Crippen LogP contribution in [-0.2, 0) is 12.8 Å². The van der Waals surface area contributed by atoms with Gasteiger partial charge in [0.05, 0.1) is 29.6 Å². The second kappa shape index (κ2) is 5.01. The summed E-state index contributed by atoms with van der Waals surface area (Å²) in [6, 6.07) is 11.5. The Kier molecular flexibility index (Phi) is 2.83. The Hall–Kier alpha value is -2.49. The van der Waals surface area contributed by atoms with Gasteiger partial charge in [0.1, 0.15) is 0 Å². The minimum atomic E-state index is 0.376. The Morgan fingerprint density at radius 3 is 2.78 bits per heavy atom. The van der Waals surface area contributed by atoms with Crippen LogP contribution in [0, 0.1) is 0 Å². The third-order valence-electron chi connectivity index (χ3n) is 5.16. The SMILES string of the molecule is c1cc2c3c(c1)CCC(c1ccc4cnncc4n1)N3CCC2. The van der Waals surface area contributed by atoms with Crippen molar-refractivity contribution >= 4 is 16.6 Å². The molecule has 0 bridgehead atoms. The van der Waals surface area contributed by atoms with Crippen molar-refractivity contribution in [3.63, 3.8) is 0 Å². The first-order chi connectivity index (χ1) is 11.4. The van der Waals surface area contributed by atoms with E-state index in [0.717, 1.165) is 36.0 Å². The summed E-state index contributed by atoms with van der Waals surface area (Å²) in [7, 11) is 0. The Morgan fingerprint density at radius 2 is 1.83 bits per heavy atom. The van der Waals surface area contributed by atoms with Crippen molar-refractivity contribution < 1.29 is 0 Å². The fraction of sp³-hybridized carbons (Fsp3) is 0.316. The number of hydrogen-bond acceptors (Lipinski definition) is 4. The monoisotopic (exact) mass is 302 g/mol. The van der Waals surface area contributed by atoms with Crippen LogP contribution in [0.3, 0.4) is 0 Å². The summed E-state index contributed by atoms with van der Waals surface area (Å²) < 4.78 is 0. The van der Waals surface area contributed by atoms with E-state index in [2.05, 4.69) is 45.4 Å². The first kappa shape index (κ1) is 13.0. The maximum absolute atomic E-state index is 4.88. The molecule has 1 aromatic carbocycles. The van der Waals surface area contributed by atoms with Crippen molar-refractivity contribution in [3.05, 3.63) is 59.5 Å².